The van der Waals surface area contributed by atoms with E-state index in [-0.39, 0.29) is 23.6 Å². The van der Waals surface area contributed by atoms with Gasteiger partial charge in [0.1, 0.15) is 0 Å². The van der Waals surface area contributed by atoms with Gasteiger partial charge in [-0.3, -0.25) is 9.69 Å². The van der Waals surface area contributed by atoms with Gasteiger partial charge >= 0.3 is 0 Å². The van der Waals surface area contributed by atoms with Crippen molar-refractivity contribution in [2.24, 2.45) is 0 Å². The lowest BCUT2D eigenvalue weighted by Gasteiger charge is -2.36. The Hall–Kier alpha value is -2.31. The summed E-state index contributed by atoms with van der Waals surface area (Å²) in [5.41, 5.74) is 1.52. The zero-order valence-electron chi connectivity index (χ0n) is 14.2. The van der Waals surface area contributed by atoms with E-state index in [0.29, 0.717) is 6.61 Å². The van der Waals surface area contributed by atoms with Crippen molar-refractivity contribution in [3.05, 3.63) is 65.7 Å². The fourth-order valence-electron chi connectivity index (χ4n) is 2.95. The highest BCUT2D eigenvalue weighted by Crippen LogP contribution is 2.13. The third-order valence-corrected chi connectivity index (χ3v) is 4.33. The molecule has 0 unspecified atom stereocenters. The molecule has 2 aromatic rings. The first-order valence-electron chi connectivity index (χ1n) is 8.42. The number of pyridine rings is 1. The van der Waals surface area contributed by atoms with Gasteiger partial charge in [0.25, 0.3) is 5.91 Å². The Morgan fingerprint density at radius 3 is 2.96 bits per heavy atom. The lowest BCUT2D eigenvalue weighted by atomic mass is 10.1. The van der Waals surface area contributed by atoms with E-state index >= 15 is 0 Å². The minimum atomic E-state index is -0.664. The fourth-order valence-corrected chi connectivity index (χ4v) is 2.95. The Morgan fingerprint density at radius 2 is 2.20 bits per heavy atom. The van der Waals surface area contributed by atoms with Gasteiger partial charge in [0.15, 0.2) is 0 Å². The second-order valence-corrected chi connectivity index (χ2v) is 6.26. The maximum absolute atomic E-state index is 13.2. The van der Waals surface area contributed by atoms with E-state index in [1.807, 2.05) is 25.1 Å². The summed E-state index contributed by atoms with van der Waals surface area (Å²) in [6.07, 6.45) is 1.18. The van der Waals surface area contributed by atoms with Crippen LogP contribution < -0.4 is 5.32 Å². The van der Waals surface area contributed by atoms with Crippen molar-refractivity contribution in [3.63, 3.8) is 0 Å². The molecule has 1 aromatic heterocycles. The maximum atomic E-state index is 13.2. The minimum absolute atomic E-state index is 0.104. The van der Waals surface area contributed by atoms with E-state index < -0.39 is 5.95 Å². The number of benzene rings is 1. The third-order valence-electron chi connectivity index (χ3n) is 4.33. The van der Waals surface area contributed by atoms with Crippen LogP contribution in [0.2, 0.25) is 0 Å². The van der Waals surface area contributed by atoms with E-state index in [1.54, 1.807) is 0 Å². The molecule has 6 heteroatoms. The van der Waals surface area contributed by atoms with Gasteiger partial charge in [0.05, 0.1) is 18.8 Å². The second kappa shape index (κ2) is 8.18. The monoisotopic (exact) mass is 343 g/mol. The summed E-state index contributed by atoms with van der Waals surface area (Å²) in [5, 5.41) is 2.89. The number of nitrogens with one attached hydrogen (secondary N) is 1. The van der Waals surface area contributed by atoms with Gasteiger partial charge in [0, 0.05) is 37.5 Å². The van der Waals surface area contributed by atoms with Crippen LogP contribution in [0.4, 0.5) is 4.39 Å². The molecule has 3 rings (SSSR count). The summed E-state index contributed by atoms with van der Waals surface area (Å²) >= 11 is 0. The standard InChI is InChI=1S/C19H22FN3O2/c1-14(22-19(24)16-7-8-21-18(20)11-16)17-13-23(9-10-25-17)12-15-5-3-2-4-6-15/h2-8,11,14,17H,9-10,12-13H2,1H3,(H,22,24)/t14-,17+/m1/s1. The molecule has 25 heavy (non-hydrogen) atoms. The molecule has 1 aliphatic heterocycles. The average Bonchev–Trinajstić information content (AvgIpc) is 2.63. The smallest absolute Gasteiger partial charge is 0.251 e. The van der Waals surface area contributed by atoms with E-state index in [2.05, 4.69) is 27.3 Å². The summed E-state index contributed by atoms with van der Waals surface area (Å²) in [5.74, 6) is -0.985. The highest BCUT2D eigenvalue weighted by molar-refractivity contribution is 5.94. The van der Waals surface area contributed by atoms with Crippen molar-refractivity contribution in [1.82, 2.24) is 15.2 Å². The van der Waals surface area contributed by atoms with Crippen LogP contribution in [0.5, 0.6) is 0 Å². The van der Waals surface area contributed by atoms with E-state index in [9.17, 15) is 9.18 Å². The molecule has 1 amide bonds. The van der Waals surface area contributed by atoms with Crippen LogP contribution in [-0.4, -0.2) is 47.6 Å². The molecule has 132 valence electrons. The van der Waals surface area contributed by atoms with Crippen molar-refractivity contribution in [3.8, 4) is 0 Å². The molecule has 2 atom stereocenters. The summed E-state index contributed by atoms with van der Waals surface area (Å²) < 4.78 is 19.0. The average molecular weight is 343 g/mol. The molecule has 1 fully saturated rings. The van der Waals surface area contributed by atoms with Crippen LogP contribution in [0, 0.1) is 5.95 Å². The van der Waals surface area contributed by atoms with Gasteiger partial charge in [-0.1, -0.05) is 30.3 Å². The third kappa shape index (κ3) is 4.84. The predicted octanol–water partition coefficient (Wildman–Crippen LogP) is 2.24. The molecule has 5 nitrogen and oxygen atoms in total. The summed E-state index contributed by atoms with van der Waals surface area (Å²) in [4.78, 5) is 18.0. The van der Waals surface area contributed by atoms with Crippen molar-refractivity contribution in [2.45, 2.75) is 25.6 Å². The Morgan fingerprint density at radius 1 is 1.40 bits per heavy atom. The number of morpholine rings is 1. The second-order valence-electron chi connectivity index (χ2n) is 6.26. The van der Waals surface area contributed by atoms with Gasteiger partial charge < -0.3 is 10.1 Å². The molecule has 0 saturated carbocycles. The molecular weight excluding hydrogens is 321 g/mol. The molecular formula is C19H22FN3O2. The number of carbonyl (C=O) groups excluding carboxylic acids is 1. The van der Waals surface area contributed by atoms with Crippen LogP contribution >= 0.6 is 0 Å². The number of rotatable bonds is 5. The number of carbonyl (C=O) groups is 1. The van der Waals surface area contributed by atoms with Gasteiger partial charge in [-0.2, -0.15) is 4.39 Å². The maximum Gasteiger partial charge on any atom is 0.251 e. The first kappa shape index (κ1) is 17.5. The molecule has 1 N–H and O–H groups in total. The summed E-state index contributed by atoms with van der Waals surface area (Å²) in [6, 6.07) is 12.7. The molecule has 0 aliphatic carbocycles. The first-order chi connectivity index (χ1) is 12.1. The van der Waals surface area contributed by atoms with Crippen molar-refractivity contribution >= 4 is 5.91 Å². The Kier molecular flexibility index (Phi) is 5.73. The van der Waals surface area contributed by atoms with Gasteiger partial charge in [-0.05, 0) is 18.6 Å². The van der Waals surface area contributed by atoms with Gasteiger partial charge in [-0.15, -0.1) is 0 Å². The quantitative estimate of drug-likeness (QED) is 0.846. The molecule has 2 heterocycles. The predicted molar refractivity (Wildman–Crippen MR) is 92.6 cm³/mol. The van der Waals surface area contributed by atoms with E-state index in [0.717, 1.165) is 25.7 Å². The zero-order valence-corrected chi connectivity index (χ0v) is 14.2. The van der Waals surface area contributed by atoms with E-state index in [4.69, 9.17) is 4.74 Å². The normalized spacial score (nSPS) is 19.4. The van der Waals surface area contributed by atoms with Crippen molar-refractivity contribution in [1.29, 1.82) is 0 Å². The number of halogens is 1. The summed E-state index contributed by atoms with van der Waals surface area (Å²) in [6.45, 7) is 4.99. The van der Waals surface area contributed by atoms with Gasteiger partial charge in [0.2, 0.25) is 5.95 Å². The van der Waals surface area contributed by atoms with Gasteiger partial charge in [-0.25, -0.2) is 4.98 Å². The van der Waals surface area contributed by atoms with Crippen molar-refractivity contribution < 1.29 is 13.9 Å². The number of hydrogen-bond donors (Lipinski definition) is 1. The molecule has 1 saturated heterocycles. The van der Waals surface area contributed by atoms with Crippen molar-refractivity contribution in [2.75, 3.05) is 19.7 Å². The molecule has 1 aliphatic rings. The van der Waals surface area contributed by atoms with Crippen LogP contribution in [0.25, 0.3) is 0 Å². The van der Waals surface area contributed by atoms with E-state index in [1.165, 1.54) is 17.8 Å². The van der Waals surface area contributed by atoms with Crippen LogP contribution in [0.15, 0.2) is 48.7 Å². The fraction of sp³-hybridized carbons (Fsp3) is 0.368. The number of amides is 1. The van der Waals surface area contributed by atoms with Crippen LogP contribution in [0.1, 0.15) is 22.8 Å². The van der Waals surface area contributed by atoms with Crippen LogP contribution in [-0.2, 0) is 11.3 Å². The molecule has 0 bridgehead atoms. The number of hydrogen-bond acceptors (Lipinski definition) is 4. The molecule has 1 aromatic carbocycles. The lowest BCUT2D eigenvalue weighted by Crippen LogP contribution is -2.52. The Labute approximate surface area is 146 Å². The zero-order chi connectivity index (χ0) is 17.6. The Bertz CT molecular complexity index is 711. The number of ether oxygens (including phenoxy) is 1. The van der Waals surface area contributed by atoms with Crippen LogP contribution in [0.3, 0.4) is 0 Å². The highest BCUT2D eigenvalue weighted by Gasteiger charge is 2.26. The Balaban J connectivity index is 1.56. The first-order valence-corrected chi connectivity index (χ1v) is 8.42. The molecule has 0 radical (unpaired) electrons. The number of aromatic nitrogens is 1. The summed E-state index contributed by atoms with van der Waals surface area (Å²) in [7, 11) is 0. The topological polar surface area (TPSA) is 54.5 Å². The minimum Gasteiger partial charge on any atom is -0.373 e. The molecule has 0 spiro atoms. The number of nitrogens with zero attached hydrogens (tertiary/aromatic N) is 2. The largest absolute Gasteiger partial charge is 0.373 e. The lowest BCUT2D eigenvalue weighted by molar-refractivity contribution is -0.0449. The highest BCUT2D eigenvalue weighted by atomic mass is 19.1. The SMILES string of the molecule is C[C@@H](NC(=O)c1ccnc(F)c1)[C@@H]1CN(Cc2ccccc2)CCO1.